The van der Waals surface area contributed by atoms with Gasteiger partial charge in [-0.2, -0.15) is 0 Å². The molecule has 6 nitrogen and oxygen atoms in total. The van der Waals surface area contributed by atoms with Crippen molar-refractivity contribution in [1.29, 1.82) is 0 Å². The molecule has 0 aliphatic carbocycles. The average Bonchev–Trinajstić information content (AvgIpc) is 2.37. The largest absolute Gasteiger partial charge is 0.464 e. The highest BCUT2D eigenvalue weighted by atomic mass is 16.5. The molecule has 0 aliphatic heterocycles. The van der Waals surface area contributed by atoms with E-state index in [2.05, 4.69) is 9.72 Å². The molecular formula is C11H15N3O3. The number of nitrogens with zero attached hydrogens (tertiary/aromatic N) is 2. The molecule has 0 saturated heterocycles. The van der Waals surface area contributed by atoms with Gasteiger partial charge in [0.2, 0.25) is 0 Å². The molecule has 0 bridgehead atoms. The highest BCUT2D eigenvalue weighted by molar-refractivity contribution is 6.08. The molecule has 0 saturated carbocycles. The van der Waals surface area contributed by atoms with E-state index in [9.17, 15) is 9.59 Å². The lowest BCUT2D eigenvalue weighted by Gasteiger charge is -2.19. The number of hydrogen-bond acceptors (Lipinski definition) is 5. The maximum absolute atomic E-state index is 11.8. The number of nitrogens with two attached hydrogens (primary N) is 1. The summed E-state index contributed by atoms with van der Waals surface area (Å²) in [6.07, 6.45) is 1.55. The van der Waals surface area contributed by atoms with Crippen molar-refractivity contribution in [2.24, 2.45) is 5.73 Å². The first-order chi connectivity index (χ1) is 8.07. The van der Waals surface area contributed by atoms with Crippen LogP contribution in [0.2, 0.25) is 0 Å². The molecule has 0 aromatic carbocycles. The minimum atomic E-state index is -1.32. The van der Waals surface area contributed by atoms with Crippen molar-refractivity contribution in [1.82, 2.24) is 4.98 Å². The van der Waals surface area contributed by atoms with Crippen molar-refractivity contribution in [3.63, 3.8) is 0 Å². The standard InChI is InChI=1S/C11H15N3O3/c1-3-17-11(16)9(12)10(15)14(2)8-6-4-5-7-13-8/h4-7,9H,3,12H2,1-2H3. The van der Waals surface area contributed by atoms with Gasteiger partial charge < -0.3 is 10.5 Å². The lowest BCUT2D eigenvalue weighted by Crippen LogP contribution is -2.48. The van der Waals surface area contributed by atoms with Crippen LogP contribution in [0.25, 0.3) is 0 Å². The fourth-order valence-corrected chi connectivity index (χ4v) is 1.21. The molecule has 1 atom stereocenters. The van der Waals surface area contributed by atoms with E-state index in [1.807, 2.05) is 0 Å². The number of ether oxygens (including phenoxy) is 1. The van der Waals surface area contributed by atoms with Crippen LogP contribution in [0.1, 0.15) is 6.92 Å². The third-order valence-corrected chi connectivity index (χ3v) is 2.13. The molecule has 1 aromatic heterocycles. The number of hydrogen-bond donors (Lipinski definition) is 1. The second-order valence-corrected chi connectivity index (χ2v) is 3.31. The second kappa shape index (κ2) is 5.95. The van der Waals surface area contributed by atoms with Crippen LogP contribution in [0.3, 0.4) is 0 Å². The zero-order valence-electron chi connectivity index (χ0n) is 9.79. The van der Waals surface area contributed by atoms with E-state index < -0.39 is 17.9 Å². The lowest BCUT2D eigenvalue weighted by atomic mass is 10.2. The molecule has 1 aromatic rings. The molecule has 92 valence electrons. The molecule has 0 spiro atoms. The number of carbonyl (C=O) groups excluding carboxylic acids is 2. The molecule has 0 aliphatic rings. The topological polar surface area (TPSA) is 85.5 Å². The van der Waals surface area contributed by atoms with Gasteiger partial charge in [-0.25, -0.2) is 9.78 Å². The van der Waals surface area contributed by atoms with E-state index in [4.69, 9.17) is 5.73 Å². The minimum absolute atomic E-state index is 0.188. The average molecular weight is 237 g/mol. The first-order valence-electron chi connectivity index (χ1n) is 5.18. The number of likely N-dealkylation sites (N-methyl/N-ethyl adjacent to an activating group) is 1. The predicted octanol–water partition coefficient (Wildman–Crippen LogP) is -0.0652. The molecule has 0 radical (unpaired) electrons. The van der Waals surface area contributed by atoms with Crippen LogP contribution >= 0.6 is 0 Å². The minimum Gasteiger partial charge on any atom is -0.464 e. The molecule has 0 fully saturated rings. The fraction of sp³-hybridized carbons (Fsp3) is 0.364. The monoisotopic (exact) mass is 237 g/mol. The zero-order valence-corrected chi connectivity index (χ0v) is 9.79. The third-order valence-electron chi connectivity index (χ3n) is 2.13. The van der Waals surface area contributed by atoms with Gasteiger partial charge in [0, 0.05) is 13.2 Å². The van der Waals surface area contributed by atoms with E-state index >= 15 is 0 Å². The molecule has 1 heterocycles. The summed E-state index contributed by atoms with van der Waals surface area (Å²) in [6.45, 7) is 1.84. The van der Waals surface area contributed by atoms with Crippen molar-refractivity contribution in [3.05, 3.63) is 24.4 Å². The van der Waals surface area contributed by atoms with Crippen molar-refractivity contribution < 1.29 is 14.3 Å². The summed E-state index contributed by atoms with van der Waals surface area (Å²) in [6, 6.07) is 3.80. The lowest BCUT2D eigenvalue weighted by molar-refractivity contribution is -0.147. The Morgan fingerprint density at radius 3 is 2.76 bits per heavy atom. The summed E-state index contributed by atoms with van der Waals surface area (Å²) in [5.74, 6) is -0.861. The molecule has 2 N–H and O–H groups in total. The van der Waals surface area contributed by atoms with Gasteiger partial charge in [0.15, 0.2) is 6.04 Å². The number of amides is 1. The Morgan fingerprint density at radius 2 is 2.24 bits per heavy atom. The molecular weight excluding hydrogens is 222 g/mol. The van der Waals surface area contributed by atoms with Crippen molar-refractivity contribution in [3.8, 4) is 0 Å². The highest BCUT2D eigenvalue weighted by Crippen LogP contribution is 2.08. The number of rotatable bonds is 4. The van der Waals surface area contributed by atoms with Gasteiger partial charge in [-0.05, 0) is 19.1 Å². The van der Waals surface area contributed by atoms with Gasteiger partial charge in [0.05, 0.1) is 6.61 Å². The van der Waals surface area contributed by atoms with Gasteiger partial charge >= 0.3 is 5.97 Å². The van der Waals surface area contributed by atoms with Crippen molar-refractivity contribution >= 4 is 17.7 Å². The van der Waals surface area contributed by atoms with Gasteiger partial charge in [0.25, 0.3) is 5.91 Å². The summed E-state index contributed by atoms with van der Waals surface area (Å²) in [5, 5.41) is 0. The molecule has 1 amide bonds. The van der Waals surface area contributed by atoms with Gasteiger partial charge in [-0.15, -0.1) is 0 Å². The van der Waals surface area contributed by atoms with Crippen LogP contribution in [0.15, 0.2) is 24.4 Å². The summed E-state index contributed by atoms with van der Waals surface area (Å²) < 4.78 is 4.68. The van der Waals surface area contributed by atoms with Gasteiger partial charge in [0.1, 0.15) is 5.82 Å². The van der Waals surface area contributed by atoms with Crippen LogP contribution in [0.5, 0.6) is 0 Å². The summed E-state index contributed by atoms with van der Waals surface area (Å²) in [4.78, 5) is 28.3. The molecule has 1 unspecified atom stereocenters. The highest BCUT2D eigenvalue weighted by Gasteiger charge is 2.27. The number of esters is 1. The van der Waals surface area contributed by atoms with Crippen LogP contribution < -0.4 is 10.6 Å². The maximum Gasteiger partial charge on any atom is 0.332 e. The van der Waals surface area contributed by atoms with Crippen LogP contribution in [0, 0.1) is 0 Å². The van der Waals surface area contributed by atoms with Crippen molar-refractivity contribution in [2.75, 3.05) is 18.6 Å². The number of aromatic nitrogens is 1. The Labute approximate surface area is 99.4 Å². The normalized spacial score (nSPS) is 11.7. The SMILES string of the molecule is CCOC(=O)C(N)C(=O)N(C)c1ccccn1. The fourth-order valence-electron chi connectivity index (χ4n) is 1.21. The number of anilines is 1. The third kappa shape index (κ3) is 3.25. The van der Waals surface area contributed by atoms with E-state index in [1.54, 1.807) is 31.3 Å². The van der Waals surface area contributed by atoms with E-state index in [1.165, 1.54) is 11.9 Å². The Bertz CT molecular complexity index is 394. The maximum atomic E-state index is 11.8. The molecule has 6 heteroatoms. The Balaban J connectivity index is 2.73. The smallest absolute Gasteiger partial charge is 0.332 e. The summed E-state index contributed by atoms with van der Waals surface area (Å²) in [5.41, 5.74) is 5.49. The Hall–Kier alpha value is -1.95. The van der Waals surface area contributed by atoms with Crippen molar-refractivity contribution in [2.45, 2.75) is 13.0 Å². The van der Waals surface area contributed by atoms with Crippen LogP contribution in [-0.4, -0.2) is 36.6 Å². The number of carbonyl (C=O) groups is 2. The van der Waals surface area contributed by atoms with E-state index in [0.29, 0.717) is 5.82 Å². The first-order valence-corrected chi connectivity index (χ1v) is 5.18. The van der Waals surface area contributed by atoms with E-state index in [0.717, 1.165) is 0 Å². The zero-order chi connectivity index (χ0) is 12.8. The quantitative estimate of drug-likeness (QED) is 0.585. The molecule has 1 rings (SSSR count). The predicted molar refractivity (Wildman–Crippen MR) is 62.3 cm³/mol. The van der Waals surface area contributed by atoms with Gasteiger partial charge in [-0.3, -0.25) is 9.69 Å². The Kier molecular flexibility index (Phi) is 4.59. The second-order valence-electron chi connectivity index (χ2n) is 3.31. The Morgan fingerprint density at radius 1 is 1.53 bits per heavy atom. The van der Waals surface area contributed by atoms with Crippen LogP contribution in [0.4, 0.5) is 5.82 Å². The van der Waals surface area contributed by atoms with E-state index in [-0.39, 0.29) is 6.61 Å². The van der Waals surface area contributed by atoms with Gasteiger partial charge in [-0.1, -0.05) is 6.07 Å². The molecule has 17 heavy (non-hydrogen) atoms. The number of pyridine rings is 1. The van der Waals surface area contributed by atoms with Crippen LogP contribution in [-0.2, 0) is 14.3 Å². The first kappa shape index (κ1) is 13.1. The summed E-state index contributed by atoms with van der Waals surface area (Å²) in [7, 11) is 1.50. The summed E-state index contributed by atoms with van der Waals surface area (Å²) >= 11 is 0.